The van der Waals surface area contributed by atoms with E-state index in [1.165, 1.54) is 20.3 Å². The SMILES string of the molecule is COc1ccc(NC(=O)c2ccc(NC(=O)CCS(=O)(=O)c3cccs3)cc2)c(OC)c1. The maximum atomic E-state index is 12.5. The van der Waals surface area contributed by atoms with Crippen LogP contribution in [0.15, 0.2) is 64.2 Å². The Morgan fingerprint density at radius 1 is 0.969 bits per heavy atom. The molecular formula is C22H22N2O6S2. The van der Waals surface area contributed by atoms with Crippen molar-refractivity contribution in [3.63, 3.8) is 0 Å². The summed E-state index contributed by atoms with van der Waals surface area (Å²) in [6, 6.07) is 14.5. The van der Waals surface area contributed by atoms with Crippen LogP contribution < -0.4 is 20.1 Å². The van der Waals surface area contributed by atoms with Gasteiger partial charge in [-0.25, -0.2) is 8.42 Å². The summed E-state index contributed by atoms with van der Waals surface area (Å²) in [5, 5.41) is 7.08. The minimum Gasteiger partial charge on any atom is -0.497 e. The molecule has 168 valence electrons. The van der Waals surface area contributed by atoms with Gasteiger partial charge in [0, 0.05) is 23.7 Å². The van der Waals surface area contributed by atoms with Gasteiger partial charge in [0.05, 0.1) is 25.7 Å². The van der Waals surface area contributed by atoms with Gasteiger partial charge in [-0.05, 0) is 47.8 Å². The first-order chi connectivity index (χ1) is 15.3. The Morgan fingerprint density at radius 2 is 1.72 bits per heavy atom. The van der Waals surface area contributed by atoms with Gasteiger partial charge in [-0.3, -0.25) is 9.59 Å². The highest BCUT2D eigenvalue weighted by atomic mass is 32.2. The van der Waals surface area contributed by atoms with Gasteiger partial charge < -0.3 is 20.1 Å². The molecular weight excluding hydrogens is 452 g/mol. The van der Waals surface area contributed by atoms with Crippen LogP contribution in [0.3, 0.4) is 0 Å². The zero-order chi connectivity index (χ0) is 23.1. The highest BCUT2D eigenvalue weighted by Gasteiger charge is 2.17. The average molecular weight is 475 g/mol. The number of thiophene rings is 1. The first-order valence-corrected chi connectivity index (χ1v) is 12.0. The van der Waals surface area contributed by atoms with Gasteiger partial charge in [0.15, 0.2) is 9.84 Å². The van der Waals surface area contributed by atoms with Crippen LogP contribution in [-0.2, 0) is 14.6 Å². The molecule has 0 fully saturated rings. The van der Waals surface area contributed by atoms with Crippen LogP contribution in [0.4, 0.5) is 11.4 Å². The molecule has 8 nitrogen and oxygen atoms in total. The van der Waals surface area contributed by atoms with E-state index >= 15 is 0 Å². The molecule has 0 atom stereocenters. The summed E-state index contributed by atoms with van der Waals surface area (Å²) in [5.41, 5.74) is 1.32. The fourth-order valence-corrected chi connectivity index (χ4v) is 5.19. The number of methoxy groups -OCH3 is 2. The maximum Gasteiger partial charge on any atom is 0.255 e. The first kappa shape index (κ1) is 23.3. The average Bonchev–Trinajstić information content (AvgIpc) is 3.34. The van der Waals surface area contributed by atoms with Crippen molar-refractivity contribution in [2.75, 3.05) is 30.6 Å². The van der Waals surface area contributed by atoms with E-state index in [-0.39, 0.29) is 22.3 Å². The normalized spacial score (nSPS) is 10.9. The second kappa shape index (κ2) is 10.3. The summed E-state index contributed by atoms with van der Waals surface area (Å²) in [6.07, 6.45) is -0.167. The van der Waals surface area contributed by atoms with Crippen molar-refractivity contribution < 1.29 is 27.5 Å². The summed E-state index contributed by atoms with van der Waals surface area (Å²) < 4.78 is 35.0. The molecule has 0 radical (unpaired) electrons. The van der Waals surface area contributed by atoms with Gasteiger partial charge in [0.2, 0.25) is 5.91 Å². The van der Waals surface area contributed by atoms with Crippen molar-refractivity contribution in [1.82, 2.24) is 0 Å². The molecule has 0 bridgehead atoms. The summed E-state index contributed by atoms with van der Waals surface area (Å²) in [5.74, 6) is 0.00434. The number of sulfone groups is 1. The summed E-state index contributed by atoms with van der Waals surface area (Å²) in [6.45, 7) is 0. The molecule has 0 aliphatic heterocycles. The predicted molar refractivity (Wildman–Crippen MR) is 124 cm³/mol. The molecule has 3 rings (SSSR count). The van der Waals surface area contributed by atoms with Gasteiger partial charge in [-0.2, -0.15) is 0 Å². The van der Waals surface area contributed by atoms with Crippen molar-refractivity contribution in [2.24, 2.45) is 0 Å². The number of hydrogen-bond donors (Lipinski definition) is 2. The number of carbonyl (C=O) groups excluding carboxylic acids is 2. The van der Waals surface area contributed by atoms with E-state index < -0.39 is 15.7 Å². The lowest BCUT2D eigenvalue weighted by molar-refractivity contribution is -0.115. The molecule has 3 aromatic rings. The fourth-order valence-electron chi connectivity index (χ4n) is 2.79. The van der Waals surface area contributed by atoms with Crippen LogP contribution in [0.5, 0.6) is 11.5 Å². The van der Waals surface area contributed by atoms with Gasteiger partial charge in [0.25, 0.3) is 5.91 Å². The first-order valence-electron chi connectivity index (χ1n) is 9.52. The van der Waals surface area contributed by atoms with Crippen molar-refractivity contribution in [3.05, 3.63) is 65.5 Å². The molecule has 2 N–H and O–H groups in total. The Labute approximate surface area is 190 Å². The van der Waals surface area contributed by atoms with Gasteiger partial charge >= 0.3 is 0 Å². The molecule has 0 aliphatic rings. The zero-order valence-electron chi connectivity index (χ0n) is 17.5. The third kappa shape index (κ3) is 5.86. The molecule has 1 heterocycles. The summed E-state index contributed by atoms with van der Waals surface area (Å²) in [4.78, 5) is 24.7. The van der Waals surface area contributed by atoms with E-state index in [9.17, 15) is 18.0 Å². The second-order valence-electron chi connectivity index (χ2n) is 6.65. The molecule has 0 aliphatic carbocycles. The molecule has 0 unspecified atom stereocenters. The van der Waals surface area contributed by atoms with Gasteiger partial charge in [-0.15, -0.1) is 11.3 Å². The van der Waals surface area contributed by atoms with E-state index in [2.05, 4.69) is 10.6 Å². The van der Waals surface area contributed by atoms with Crippen molar-refractivity contribution in [2.45, 2.75) is 10.6 Å². The maximum absolute atomic E-state index is 12.5. The Bertz CT molecular complexity index is 1190. The molecule has 0 saturated carbocycles. The van der Waals surface area contributed by atoms with Crippen molar-refractivity contribution in [1.29, 1.82) is 0 Å². The number of amides is 2. The topological polar surface area (TPSA) is 111 Å². The molecule has 32 heavy (non-hydrogen) atoms. The number of ether oxygens (including phenoxy) is 2. The van der Waals surface area contributed by atoms with Gasteiger partial charge in [0.1, 0.15) is 15.7 Å². The standard InChI is InChI=1S/C22H22N2O6S2/c1-29-17-9-10-18(19(14-17)30-2)24-22(26)15-5-7-16(8-6-15)23-20(25)11-13-32(27,28)21-4-3-12-31-21/h3-10,12,14H,11,13H2,1-2H3,(H,23,25)(H,24,26). The van der Waals surface area contributed by atoms with E-state index in [1.807, 2.05) is 0 Å². The lowest BCUT2D eigenvalue weighted by Crippen LogP contribution is -2.17. The number of hydrogen-bond acceptors (Lipinski definition) is 7. The van der Waals surface area contributed by atoms with E-state index in [4.69, 9.17) is 9.47 Å². The quantitative estimate of drug-likeness (QED) is 0.488. The Morgan fingerprint density at radius 3 is 2.34 bits per heavy atom. The van der Waals surface area contributed by atoms with Crippen molar-refractivity contribution >= 4 is 44.4 Å². The highest BCUT2D eigenvalue weighted by Crippen LogP contribution is 2.29. The van der Waals surface area contributed by atoms with Gasteiger partial charge in [-0.1, -0.05) is 6.07 Å². The Balaban J connectivity index is 1.57. The number of carbonyl (C=O) groups is 2. The number of benzene rings is 2. The largest absolute Gasteiger partial charge is 0.497 e. The van der Waals surface area contributed by atoms with Crippen molar-refractivity contribution in [3.8, 4) is 11.5 Å². The third-order valence-corrected chi connectivity index (χ3v) is 7.69. The predicted octanol–water partition coefficient (Wildman–Crippen LogP) is 3.82. The Kier molecular flexibility index (Phi) is 7.49. The second-order valence-corrected chi connectivity index (χ2v) is 9.93. The number of nitrogens with one attached hydrogen (secondary N) is 2. The molecule has 0 saturated heterocycles. The van der Waals surface area contributed by atoms with E-state index in [0.717, 1.165) is 11.3 Å². The van der Waals surface area contributed by atoms with Crippen LogP contribution in [0.2, 0.25) is 0 Å². The van der Waals surface area contributed by atoms with E-state index in [0.29, 0.717) is 28.4 Å². The number of anilines is 2. The van der Waals surface area contributed by atoms with Crippen LogP contribution >= 0.6 is 11.3 Å². The smallest absolute Gasteiger partial charge is 0.255 e. The molecule has 2 amide bonds. The lowest BCUT2D eigenvalue weighted by Gasteiger charge is -2.12. The monoisotopic (exact) mass is 474 g/mol. The number of rotatable bonds is 9. The van der Waals surface area contributed by atoms with Crippen LogP contribution in [0.1, 0.15) is 16.8 Å². The zero-order valence-corrected chi connectivity index (χ0v) is 19.1. The minimum atomic E-state index is -3.48. The highest BCUT2D eigenvalue weighted by molar-refractivity contribution is 7.93. The summed E-state index contributed by atoms with van der Waals surface area (Å²) >= 11 is 1.12. The van der Waals surface area contributed by atoms with E-state index in [1.54, 1.807) is 53.9 Å². The Hall–Kier alpha value is -3.37. The van der Waals surface area contributed by atoms with Crippen LogP contribution in [0, 0.1) is 0 Å². The van der Waals surface area contributed by atoms with Crippen LogP contribution in [-0.4, -0.2) is 40.2 Å². The molecule has 2 aromatic carbocycles. The van der Waals surface area contributed by atoms with Crippen LogP contribution in [0.25, 0.3) is 0 Å². The molecule has 0 spiro atoms. The third-order valence-electron chi connectivity index (χ3n) is 4.49. The molecule has 1 aromatic heterocycles. The summed E-state index contributed by atoms with van der Waals surface area (Å²) in [7, 11) is -0.444. The lowest BCUT2D eigenvalue weighted by atomic mass is 10.2. The minimum absolute atomic E-state index is 0.167. The fraction of sp³-hybridized carbons (Fsp3) is 0.182. The molecule has 10 heteroatoms.